The van der Waals surface area contributed by atoms with E-state index in [0.717, 1.165) is 23.4 Å². The number of rotatable bonds is 3. The van der Waals surface area contributed by atoms with Gasteiger partial charge in [0.15, 0.2) is 0 Å². The van der Waals surface area contributed by atoms with Crippen molar-refractivity contribution in [2.45, 2.75) is 13.3 Å². The van der Waals surface area contributed by atoms with Crippen molar-refractivity contribution in [1.82, 2.24) is 5.32 Å². The molecule has 7 nitrogen and oxygen atoms in total. The Labute approximate surface area is 157 Å². The molecule has 27 heavy (non-hydrogen) atoms. The first-order valence-electron chi connectivity index (χ1n) is 8.91. The molecule has 138 valence electrons. The monoisotopic (exact) mass is 364 g/mol. The van der Waals surface area contributed by atoms with Gasteiger partial charge < -0.3 is 15.5 Å². The zero-order valence-corrected chi connectivity index (χ0v) is 15.0. The van der Waals surface area contributed by atoms with Crippen LogP contribution < -0.4 is 20.4 Å². The van der Waals surface area contributed by atoms with Crippen molar-refractivity contribution >= 4 is 34.9 Å². The lowest BCUT2D eigenvalue weighted by Crippen LogP contribution is -2.27. The zero-order chi connectivity index (χ0) is 19.0. The first kappa shape index (κ1) is 17.1. The molecule has 1 fully saturated rings. The molecule has 2 aliphatic heterocycles. The van der Waals surface area contributed by atoms with Crippen LogP contribution in [0.15, 0.2) is 42.5 Å². The molecule has 4 rings (SSSR count). The number of nitrogens with zero attached hydrogens (tertiary/aromatic N) is 2. The number of fused-ring (bicyclic) bond motifs is 1. The Morgan fingerprint density at radius 3 is 2.52 bits per heavy atom. The highest BCUT2D eigenvalue weighted by Gasteiger charge is 2.23. The lowest BCUT2D eigenvalue weighted by atomic mass is 10.1. The van der Waals surface area contributed by atoms with Crippen molar-refractivity contribution in [2.24, 2.45) is 0 Å². The lowest BCUT2D eigenvalue weighted by Gasteiger charge is -2.15. The maximum atomic E-state index is 12.6. The minimum absolute atomic E-state index is 0.0118. The molecule has 2 heterocycles. The topological polar surface area (TPSA) is 81.8 Å². The number of nitrogens with one attached hydrogen (secondary N) is 2. The number of urea groups is 1. The van der Waals surface area contributed by atoms with Gasteiger partial charge >= 0.3 is 6.03 Å². The predicted octanol–water partition coefficient (Wildman–Crippen LogP) is 2.38. The largest absolute Gasteiger partial charge is 0.336 e. The molecule has 2 N–H and O–H groups in total. The van der Waals surface area contributed by atoms with Gasteiger partial charge in [-0.25, -0.2) is 4.79 Å². The van der Waals surface area contributed by atoms with E-state index in [4.69, 9.17) is 0 Å². The molecule has 0 bridgehead atoms. The van der Waals surface area contributed by atoms with E-state index in [-0.39, 0.29) is 17.8 Å². The fourth-order valence-electron chi connectivity index (χ4n) is 3.52. The summed E-state index contributed by atoms with van der Waals surface area (Å²) in [7, 11) is 0. The molecule has 2 aromatic carbocycles. The van der Waals surface area contributed by atoms with E-state index >= 15 is 0 Å². The van der Waals surface area contributed by atoms with Crippen LogP contribution in [0.4, 0.5) is 21.9 Å². The van der Waals surface area contributed by atoms with E-state index < -0.39 is 0 Å². The van der Waals surface area contributed by atoms with Gasteiger partial charge in [-0.3, -0.25) is 14.5 Å². The van der Waals surface area contributed by atoms with Gasteiger partial charge in [0.2, 0.25) is 5.91 Å². The van der Waals surface area contributed by atoms with Crippen LogP contribution >= 0.6 is 0 Å². The highest BCUT2D eigenvalue weighted by molar-refractivity contribution is 6.05. The van der Waals surface area contributed by atoms with Crippen LogP contribution in [0.1, 0.15) is 22.8 Å². The molecule has 0 atom stereocenters. The number of hydrogen-bond acceptors (Lipinski definition) is 3. The van der Waals surface area contributed by atoms with Crippen molar-refractivity contribution in [3.05, 3.63) is 53.6 Å². The van der Waals surface area contributed by atoms with E-state index in [1.54, 1.807) is 34.9 Å². The summed E-state index contributed by atoms with van der Waals surface area (Å²) in [6, 6.07) is 12.5. The normalized spacial score (nSPS) is 15.5. The molecule has 7 heteroatoms. The summed E-state index contributed by atoms with van der Waals surface area (Å²) in [5, 5.41) is 5.63. The van der Waals surface area contributed by atoms with Crippen LogP contribution in [-0.2, 0) is 11.2 Å². The Bertz CT molecular complexity index is 923. The molecule has 0 spiro atoms. The average Bonchev–Trinajstić information content (AvgIpc) is 3.28. The standard InChI is InChI=1S/C20H20N4O3/c1-13(25)23-10-8-14-12-15(2-7-18(14)23)19(26)22-16-3-5-17(6-4-16)24-11-9-21-20(24)27/h2-7,12H,8-11H2,1H3,(H,21,27)(H,22,26). The molecule has 2 aromatic rings. The quantitative estimate of drug-likeness (QED) is 0.877. The van der Waals surface area contributed by atoms with Crippen molar-refractivity contribution in [2.75, 3.05) is 34.8 Å². The van der Waals surface area contributed by atoms with Crippen molar-refractivity contribution in [3.63, 3.8) is 0 Å². The Morgan fingerprint density at radius 1 is 1.07 bits per heavy atom. The molecule has 0 unspecified atom stereocenters. The Morgan fingerprint density at radius 2 is 1.85 bits per heavy atom. The van der Waals surface area contributed by atoms with Crippen molar-refractivity contribution in [1.29, 1.82) is 0 Å². The Kier molecular flexibility index (Phi) is 4.27. The van der Waals surface area contributed by atoms with E-state index in [2.05, 4.69) is 10.6 Å². The van der Waals surface area contributed by atoms with E-state index in [0.29, 0.717) is 30.9 Å². The van der Waals surface area contributed by atoms with Gasteiger partial charge in [0.05, 0.1) is 0 Å². The number of anilines is 3. The average molecular weight is 364 g/mol. The van der Waals surface area contributed by atoms with Gasteiger partial charge in [0, 0.05) is 49.2 Å². The number of benzene rings is 2. The molecular weight excluding hydrogens is 344 g/mol. The maximum absolute atomic E-state index is 12.6. The number of carbonyl (C=O) groups is 3. The van der Waals surface area contributed by atoms with E-state index in [1.165, 1.54) is 0 Å². The summed E-state index contributed by atoms with van der Waals surface area (Å²) in [5.74, 6) is -0.191. The van der Waals surface area contributed by atoms with Crippen LogP contribution in [0.3, 0.4) is 0 Å². The van der Waals surface area contributed by atoms with Gasteiger partial charge in [0.1, 0.15) is 0 Å². The van der Waals surface area contributed by atoms with E-state index in [1.807, 2.05) is 24.3 Å². The molecule has 0 aromatic heterocycles. The lowest BCUT2D eigenvalue weighted by molar-refractivity contribution is -0.116. The first-order chi connectivity index (χ1) is 13.0. The molecule has 4 amide bonds. The summed E-state index contributed by atoms with van der Waals surface area (Å²) >= 11 is 0. The predicted molar refractivity (Wildman–Crippen MR) is 103 cm³/mol. The third kappa shape index (κ3) is 3.23. The number of hydrogen-bond donors (Lipinski definition) is 2. The van der Waals surface area contributed by atoms with Crippen LogP contribution in [-0.4, -0.2) is 37.5 Å². The molecule has 2 aliphatic rings. The van der Waals surface area contributed by atoms with Gasteiger partial charge in [-0.05, 0) is 54.4 Å². The van der Waals surface area contributed by atoms with Crippen molar-refractivity contribution < 1.29 is 14.4 Å². The highest BCUT2D eigenvalue weighted by atomic mass is 16.2. The summed E-state index contributed by atoms with van der Waals surface area (Å²) in [5.41, 5.74) is 3.90. The number of amides is 4. The summed E-state index contributed by atoms with van der Waals surface area (Å²) < 4.78 is 0. The van der Waals surface area contributed by atoms with Crippen LogP contribution in [0.5, 0.6) is 0 Å². The highest BCUT2D eigenvalue weighted by Crippen LogP contribution is 2.29. The molecule has 0 saturated carbocycles. The summed E-state index contributed by atoms with van der Waals surface area (Å²) in [4.78, 5) is 39.3. The minimum atomic E-state index is -0.203. The van der Waals surface area contributed by atoms with Gasteiger partial charge in [-0.15, -0.1) is 0 Å². The second-order valence-electron chi connectivity index (χ2n) is 6.65. The van der Waals surface area contributed by atoms with Gasteiger partial charge in [0.25, 0.3) is 5.91 Å². The fourth-order valence-corrected chi connectivity index (χ4v) is 3.52. The minimum Gasteiger partial charge on any atom is -0.336 e. The maximum Gasteiger partial charge on any atom is 0.321 e. The smallest absolute Gasteiger partial charge is 0.321 e. The zero-order valence-electron chi connectivity index (χ0n) is 15.0. The van der Waals surface area contributed by atoms with Crippen LogP contribution in [0, 0.1) is 0 Å². The van der Waals surface area contributed by atoms with Crippen LogP contribution in [0.2, 0.25) is 0 Å². The molecule has 1 saturated heterocycles. The van der Waals surface area contributed by atoms with E-state index in [9.17, 15) is 14.4 Å². The fraction of sp³-hybridized carbons (Fsp3) is 0.250. The van der Waals surface area contributed by atoms with Gasteiger partial charge in [-0.1, -0.05) is 0 Å². The SMILES string of the molecule is CC(=O)N1CCc2cc(C(=O)Nc3ccc(N4CCNC4=O)cc3)ccc21. The van der Waals surface area contributed by atoms with Crippen molar-refractivity contribution in [3.8, 4) is 0 Å². The first-order valence-corrected chi connectivity index (χ1v) is 8.91. The van der Waals surface area contributed by atoms with Gasteiger partial charge in [-0.2, -0.15) is 0 Å². The molecule has 0 radical (unpaired) electrons. The second kappa shape index (κ2) is 6.75. The third-order valence-electron chi connectivity index (χ3n) is 4.91. The number of carbonyl (C=O) groups excluding carboxylic acids is 3. The Hall–Kier alpha value is -3.35. The molecular formula is C20H20N4O3. The summed E-state index contributed by atoms with van der Waals surface area (Å²) in [6.45, 7) is 3.47. The Balaban J connectivity index is 1.46. The molecule has 0 aliphatic carbocycles. The third-order valence-corrected chi connectivity index (χ3v) is 4.91. The second-order valence-corrected chi connectivity index (χ2v) is 6.65. The summed E-state index contributed by atoms with van der Waals surface area (Å²) in [6.07, 6.45) is 0.753. The van der Waals surface area contributed by atoms with Crippen LogP contribution in [0.25, 0.3) is 0 Å².